The molecule has 1 saturated heterocycles. The maximum absolute atomic E-state index is 12.1. The maximum Gasteiger partial charge on any atom is 0.144 e. The minimum Gasteiger partial charge on any atom is -0.316 e. The van der Waals surface area contributed by atoms with Gasteiger partial charge >= 0.3 is 0 Å². The molecule has 0 spiro atoms. The van der Waals surface area contributed by atoms with E-state index in [4.69, 9.17) is 5.26 Å². The van der Waals surface area contributed by atoms with Gasteiger partial charge in [-0.2, -0.15) is 5.26 Å². The van der Waals surface area contributed by atoms with E-state index in [0.29, 0.717) is 22.3 Å². The third-order valence-corrected chi connectivity index (χ3v) is 4.19. The molecule has 0 unspecified atom stereocenters. The van der Waals surface area contributed by atoms with E-state index >= 15 is 0 Å². The van der Waals surface area contributed by atoms with Crippen LogP contribution in [-0.4, -0.2) is 28.0 Å². The van der Waals surface area contributed by atoms with Crippen LogP contribution < -0.4 is 5.32 Å². The highest BCUT2D eigenvalue weighted by atomic mass is 32.2. The lowest BCUT2D eigenvalue weighted by atomic mass is 10.2. The predicted octanol–water partition coefficient (Wildman–Crippen LogP) is 0.670. The minimum atomic E-state index is -1.16. The van der Waals surface area contributed by atoms with E-state index in [2.05, 4.69) is 10.3 Å². The van der Waals surface area contributed by atoms with Crippen LogP contribution in [-0.2, 0) is 10.8 Å². The first-order chi connectivity index (χ1) is 7.81. The second-order valence-electron chi connectivity index (χ2n) is 3.84. The summed E-state index contributed by atoms with van der Waals surface area (Å²) in [6.07, 6.45) is 2.64. The second-order valence-corrected chi connectivity index (χ2v) is 5.25. The highest BCUT2D eigenvalue weighted by Gasteiger charge is 2.20. The van der Waals surface area contributed by atoms with Crippen molar-refractivity contribution in [1.82, 2.24) is 10.3 Å². The second kappa shape index (κ2) is 5.19. The number of nitrogens with one attached hydrogen (secondary N) is 1. The molecular formula is C11H13N3OS. The molecule has 5 heteroatoms. The Hall–Kier alpha value is -1.25. The molecule has 1 N–H and O–H groups in total. The van der Waals surface area contributed by atoms with Crippen molar-refractivity contribution in [1.29, 1.82) is 5.26 Å². The van der Waals surface area contributed by atoms with Crippen molar-refractivity contribution in [3.8, 4) is 6.07 Å². The number of nitrogens with zero attached hydrogens (tertiary/aromatic N) is 2. The standard InChI is InChI=1S/C11H13N3OS/c12-6-10-2-1-4-14-11(10)16(15)8-9-3-5-13-7-9/h1-2,4,9,13H,3,5,7-8H2/t9-,16+/m0/s1. The highest BCUT2D eigenvalue weighted by molar-refractivity contribution is 7.85. The first-order valence-corrected chi connectivity index (χ1v) is 6.57. The van der Waals surface area contributed by atoms with Crippen molar-refractivity contribution in [2.24, 2.45) is 5.92 Å². The zero-order valence-corrected chi connectivity index (χ0v) is 9.67. The average molecular weight is 235 g/mol. The van der Waals surface area contributed by atoms with Gasteiger partial charge in [-0.05, 0) is 37.6 Å². The molecule has 2 atom stereocenters. The van der Waals surface area contributed by atoms with Crippen LogP contribution >= 0.6 is 0 Å². The summed E-state index contributed by atoms with van der Waals surface area (Å²) in [7, 11) is -1.16. The Morgan fingerprint density at radius 1 is 1.69 bits per heavy atom. The predicted molar refractivity (Wildman–Crippen MR) is 61.2 cm³/mol. The monoisotopic (exact) mass is 235 g/mol. The number of hydrogen-bond donors (Lipinski definition) is 1. The van der Waals surface area contributed by atoms with Gasteiger partial charge in [0.05, 0.1) is 16.4 Å². The van der Waals surface area contributed by atoms with Crippen molar-refractivity contribution in [2.45, 2.75) is 11.4 Å². The Balaban J connectivity index is 2.11. The van der Waals surface area contributed by atoms with Crippen molar-refractivity contribution in [3.63, 3.8) is 0 Å². The number of pyridine rings is 1. The summed E-state index contributed by atoms with van der Waals surface area (Å²) in [5.74, 6) is 1.04. The Labute approximate surface area is 97.2 Å². The van der Waals surface area contributed by atoms with Gasteiger partial charge in [0, 0.05) is 11.9 Å². The van der Waals surface area contributed by atoms with Gasteiger partial charge in [-0.3, -0.25) is 4.21 Å². The van der Waals surface area contributed by atoms with Gasteiger partial charge in [0.15, 0.2) is 0 Å². The van der Waals surface area contributed by atoms with Crippen molar-refractivity contribution >= 4 is 10.8 Å². The zero-order chi connectivity index (χ0) is 11.4. The Morgan fingerprint density at radius 2 is 2.56 bits per heavy atom. The average Bonchev–Trinajstić information content (AvgIpc) is 2.81. The number of rotatable bonds is 3. The summed E-state index contributed by atoms with van der Waals surface area (Å²) < 4.78 is 12.1. The van der Waals surface area contributed by atoms with Crippen molar-refractivity contribution in [2.75, 3.05) is 18.8 Å². The summed E-state index contributed by atoms with van der Waals surface area (Å²) >= 11 is 0. The fourth-order valence-electron chi connectivity index (χ4n) is 1.81. The topological polar surface area (TPSA) is 65.8 Å². The Morgan fingerprint density at radius 3 is 3.25 bits per heavy atom. The molecule has 0 aromatic carbocycles. The fraction of sp³-hybridized carbons (Fsp3) is 0.455. The third kappa shape index (κ3) is 2.46. The molecule has 16 heavy (non-hydrogen) atoms. The molecule has 0 aliphatic carbocycles. The summed E-state index contributed by atoms with van der Waals surface area (Å²) in [5.41, 5.74) is 0.423. The van der Waals surface area contributed by atoms with Crippen LogP contribution in [0.25, 0.3) is 0 Å². The van der Waals surface area contributed by atoms with Gasteiger partial charge in [0.25, 0.3) is 0 Å². The van der Waals surface area contributed by atoms with E-state index in [1.807, 2.05) is 6.07 Å². The van der Waals surface area contributed by atoms with E-state index in [9.17, 15) is 4.21 Å². The lowest BCUT2D eigenvalue weighted by Gasteiger charge is -2.07. The molecule has 1 aliphatic heterocycles. The first-order valence-electron chi connectivity index (χ1n) is 5.25. The lowest BCUT2D eigenvalue weighted by Crippen LogP contribution is -2.16. The van der Waals surface area contributed by atoms with E-state index in [1.165, 1.54) is 0 Å². The summed E-state index contributed by atoms with van der Waals surface area (Å²) in [5, 5.41) is 12.6. The van der Waals surface area contributed by atoms with Crippen LogP contribution in [0.2, 0.25) is 0 Å². The summed E-state index contributed by atoms with van der Waals surface area (Å²) in [6, 6.07) is 5.38. The molecule has 0 bridgehead atoms. The molecule has 4 nitrogen and oxygen atoms in total. The quantitative estimate of drug-likeness (QED) is 0.836. The number of nitriles is 1. The highest BCUT2D eigenvalue weighted by Crippen LogP contribution is 2.15. The van der Waals surface area contributed by atoms with Gasteiger partial charge in [-0.25, -0.2) is 4.98 Å². The van der Waals surface area contributed by atoms with Gasteiger partial charge < -0.3 is 5.32 Å². The fourth-order valence-corrected chi connectivity index (χ4v) is 3.21. The summed E-state index contributed by atoms with van der Waals surface area (Å²) in [4.78, 5) is 4.05. The molecule has 1 aliphatic rings. The van der Waals surface area contributed by atoms with E-state index in [1.54, 1.807) is 18.3 Å². The maximum atomic E-state index is 12.1. The third-order valence-electron chi connectivity index (χ3n) is 2.66. The largest absolute Gasteiger partial charge is 0.316 e. The molecule has 2 heterocycles. The van der Waals surface area contributed by atoms with E-state index in [-0.39, 0.29) is 0 Å². The molecule has 0 radical (unpaired) electrons. The lowest BCUT2D eigenvalue weighted by molar-refractivity contribution is 0.630. The van der Waals surface area contributed by atoms with E-state index in [0.717, 1.165) is 19.5 Å². The number of aromatic nitrogens is 1. The van der Waals surface area contributed by atoms with Crippen molar-refractivity contribution in [3.05, 3.63) is 23.9 Å². The normalized spacial score (nSPS) is 21.6. The molecule has 1 aromatic heterocycles. The Bertz CT molecular complexity index is 435. The molecular weight excluding hydrogens is 222 g/mol. The summed E-state index contributed by atoms with van der Waals surface area (Å²) in [6.45, 7) is 1.91. The smallest absolute Gasteiger partial charge is 0.144 e. The van der Waals surface area contributed by atoms with Crippen molar-refractivity contribution < 1.29 is 4.21 Å². The van der Waals surface area contributed by atoms with Crippen LogP contribution in [0, 0.1) is 17.2 Å². The minimum absolute atomic E-state index is 0.423. The van der Waals surface area contributed by atoms with Gasteiger partial charge in [-0.15, -0.1) is 0 Å². The molecule has 1 aromatic rings. The van der Waals surface area contributed by atoms with Gasteiger partial charge in [0.1, 0.15) is 11.1 Å². The van der Waals surface area contributed by atoms with Gasteiger partial charge in [0.2, 0.25) is 0 Å². The van der Waals surface area contributed by atoms with Crippen LogP contribution in [0.5, 0.6) is 0 Å². The molecule has 84 valence electrons. The Kier molecular flexibility index (Phi) is 3.65. The van der Waals surface area contributed by atoms with E-state index < -0.39 is 10.8 Å². The molecule has 2 rings (SSSR count). The number of hydrogen-bond acceptors (Lipinski definition) is 4. The molecule has 0 saturated carbocycles. The molecule has 1 fully saturated rings. The van der Waals surface area contributed by atoms with Crippen LogP contribution in [0.1, 0.15) is 12.0 Å². The first kappa shape index (κ1) is 11.2. The SMILES string of the molecule is N#Cc1cccnc1[S@](=O)C[C@H]1CCNC1. The van der Waals surface area contributed by atoms with Crippen LogP contribution in [0.3, 0.4) is 0 Å². The zero-order valence-electron chi connectivity index (χ0n) is 8.85. The van der Waals surface area contributed by atoms with Crippen LogP contribution in [0.15, 0.2) is 23.4 Å². The molecule has 0 amide bonds. The van der Waals surface area contributed by atoms with Gasteiger partial charge in [-0.1, -0.05) is 0 Å². The van der Waals surface area contributed by atoms with Crippen LogP contribution in [0.4, 0.5) is 0 Å².